The second-order valence-corrected chi connectivity index (χ2v) is 5.97. The standard InChI is InChI=1S/C15H19N5O/c21-15(18-10-2-1-6-16-8-10)11-5-7-17-14-12(11)19-13(20-14)9-3-4-9/h5,7,9-10,16H,1-4,6,8H2,(H,18,21)(H,17,19,20). The quantitative estimate of drug-likeness (QED) is 0.794. The van der Waals surface area contributed by atoms with Crippen LogP contribution < -0.4 is 10.6 Å². The third kappa shape index (κ3) is 2.51. The van der Waals surface area contributed by atoms with Crippen LogP contribution in [0.25, 0.3) is 11.2 Å². The Balaban J connectivity index is 1.60. The number of amides is 1. The highest BCUT2D eigenvalue weighted by Gasteiger charge is 2.28. The maximum Gasteiger partial charge on any atom is 0.253 e. The lowest BCUT2D eigenvalue weighted by molar-refractivity contribution is 0.0932. The first-order chi connectivity index (χ1) is 10.3. The first kappa shape index (κ1) is 12.8. The van der Waals surface area contributed by atoms with Crippen molar-refractivity contribution in [3.8, 4) is 0 Å². The lowest BCUT2D eigenvalue weighted by atomic mass is 10.1. The first-order valence-corrected chi connectivity index (χ1v) is 7.67. The molecule has 0 aromatic carbocycles. The molecule has 1 saturated carbocycles. The van der Waals surface area contributed by atoms with E-state index in [1.54, 1.807) is 12.3 Å². The molecule has 4 rings (SSSR count). The summed E-state index contributed by atoms with van der Waals surface area (Å²) >= 11 is 0. The van der Waals surface area contributed by atoms with Gasteiger partial charge in [-0.3, -0.25) is 4.79 Å². The monoisotopic (exact) mass is 285 g/mol. The summed E-state index contributed by atoms with van der Waals surface area (Å²) in [5.74, 6) is 1.46. The largest absolute Gasteiger partial charge is 0.348 e. The number of imidazole rings is 1. The highest BCUT2D eigenvalue weighted by Crippen LogP contribution is 2.39. The molecule has 1 atom stereocenters. The van der Waals surface area contributed by atoms with Gasteiger partial charge >= 0.3 is 0 Å². The van der Waals surface area contributed by atoms with Gasteiger partial charge in [-0.15, -0.1) is 0 Å². The third-order valence-corrected chi connectivity index (χ3v) is 4.25. The van der Waals surface area contributed by atoms with Crippen LogP contribution in [0.15, 0.2) is 12.3 Å². The lowest BCUT2D eigenvalue weighted by Gasteiger charge is -2.23. The van der Waals surface area contributed by atoms with Crippen LogP contribution in [0.2, 0.25) is 0 Å². The molecule has 1 aliphatic carbocycles. The molecule has 21 heavy (non-hydrogen) atoms. The van der Waals surface area contributed by atoms with Crippen LogP contribution >= 0.6 is 0 Å². The normalized spacial score (nSPS) is 22.4. The van der Waals surface area contributed by atoms with Crippen molar-refractivity contribution >= 4 is 17.1 Å². The molecule has 3 heterocycles. The number of hydrogen-bond acceptors (Lipinski definition) is 4. The van der Waals surface area contributed by atoms with Gasteiger partial charge in [0.05, 0.1) is 11.1 Å². The van der Waals surface area contributed by atoms with E-state index in [1.807, 2.05) is 0 Å². The molecule has 110 valence electrons. The van der Waals surface area contributed by atoms with Gasteiger partial charge in [0.25, 0.3) is 5.91 Å². The predicted molar refractivity (Wildman–Crippen MR) is 79.2 cm³/mol. The minimum absolute atomic E-state index is 0.0397. The number of pyridine rings is 1. The summed E-state index contributed by atoms with van der Waals surface area (Å²) in [5.41, 5.74) is 2.05. The van der Waals surface area contributed by atoms with Crippen molar-refractivity contribution in [1.29, 1.82) is 0 Å². The summed E-state index contributed by atoms with van der Waals surface area (Å²) in [5, 5.41) is 6.41. The fourth-order valence-electron chi connectivity index (χ4n) is 2.91. The molecule has 2 fully saturated rings. The molecule has 0 bridgehead atoms. The van der Waals surface area contributed by atoms with Gasteiger partial charge in [-0.25, -0.2) is 9.97 Å². The highest BCUT2D eigenvalue weighted by atomic mass is 16.1. The van der Waals surface area contributed by atoms with Crippen molar-refractivity contribution in [3.63, 3.8) is 0 Å². The van der Waals surface area contributed by atoms with Crippen LogP contribution in [0.4, 0.5) is 0 Å². The van der Waals surface area contributed by atoms with Crippen molar-refractivity contribution < 1.29 is 4.79 Å². The van der Waals surface area contributed by atoms with E-state index >= 15 is 0 Å². The van der Waals surface area contributed by atoms with E-state index < -0.39 is 0 Å². The Bertz CT molecular complexity index is 670. The molecule has 6 heteroatoms. The fourth-order valence-corrected chi connectivity index (χ4v) is 2.91. The van der Waals surface area contributed by atoms with Crippen molar-refractivity contribution in [3.05, 3.63) is 23.7 Å². The number of carbonyl (C=O) groups is 1. The maximum absolute atomic E-state index is 12.5. The summed E-state index contributed by atoms with van der Waals surface area (Å²) in [6.45, 7) is 1.88. The van der Waals surface area contributed by atoms with Gasteiger partial charge in [0.2, 0.25) is 0 Å². The zero-order chi connectivity index (χ0) is 14.2. The van der Waals surface area contributed by atoms with Gasteiger partial charge in [-0.05, 0) is 38.3 Å². The number of carbonyl (C=O) groups excluding carboxylic acids is 1. The minimum Gasteiger partial charge on any atom is -0.348 e. The Morgan fingerprint density at radius 2 is 2.24 bits per heavy atom. The number of piperidine rings is 1. The van der Waals surface area contributed by atoms with Crippen LogP contribution in [-0.2, 0) is 0 Å². The van der Waals surface area contributed by atoms with Gasteiger partial charge < -0.3 is 15.6 Å². The number of fused-ring (bicyclic) bond motifs is 1. The Morgan fingerprint density at radius 3 is 3.00 bits per heavy atom. The Morgan fingerprint density at radius 1 is 1.33 bits per heavy atom. The van der Waals surface area contributed by atoms with E-state index in [-0.39, 0.29) is 11.9 Å². The second kappa shape index (κ2) is 5.11. The Kier molecular flexibility index (Phi) is 3.11. The number of aromatic nitrogens is 3. The topological polar surface area (TPSA) is 82.7 Å². The number of H-pyrrole nitrogens is 1. The number of aromatic amines is 1. The van der Waals surface area contributed by atoms with Gasteiger partial charge in [-0.2, -0.15) is 0 Å². The van der Waals surface area contributed by atoms with E-state index in [2.05, 4.69) is 25.6 Å². The summed E-state index contributed by atoms with van der Waals surface area (Å²) in [7, 11) is 0. The minimum atomic E-state index is -0.0397. The Labute approximate surface area is 122 Å². The average Bonchev–Trinajstić information content (AvgIpc) is 3.26. The molecule has 2 aromatic rings. The predicted octanol–water partition coefficient (Wildman–Crippen LogP) is 1.32. The van der Waals surface area contributed by atoms with E-state index in [1.165, 1.54) is 12.8 Å². The highest BCUT2D eigenvalue weighted by molar-refractivity contribution is 6.04. The lowest BCUT2D eigenvalue weighted by Crippen LogP contribution is -2.45. The van der Waals surface area contributed by atoms with Crippen LogP contribution in [0.3, 0.4) is 0 Å². The molecular formula is C15H19N5O. The zero-order valence-electron chi connectivity index (χ0n) is 11.9. The Hall–Kier alpha value is -1.95. The van der Waals surface area contributed by atoms with Gasteiger partial charge in [0.1, 0.15) is 5.82 Å². The molecule has 2 aliphatic rings. The number of nitrogens with zero attached hydrogens (tertiary/aromatic N) is 2. The number of rotatable bonds is 3. The van der Waals surface area contributed by atoms with Crippen LogP contribution in [0, 0.1) is 0 Å². The van der Waals surface area contributed by atoms with Gasteiger partial charge in [0, 0.05) is 24.7 Å². The molecule has 3 N–H and O–H groups in total. The van der Waals surface area contributed by atoms with Crippen molar-refractivity contribution in [2.45, 2.75) is 37.6 Å². The number of hydrogen-bond donors (Lipinski definition) is 3. The van der Waals surface area contributed by atoms with Gasteiger partial charge in [-0.1, -0.05) is 0 Å². The zero-order valence-corrected chi connectivity index (χ0v) is 11.9. The van der Waals surface area contributed by atoms with Crippen LogP contribution in [0.5, 0.6) is 0 Å². The average molecular weight is 285 g/mol. The SMILES string of the molecule is O=C(NC1CCCNC1)c1ccnc2nc(C3CC3)[nH]c12. The van der Waals surface area contributed by atoms with Crippen LogP contribution in [-0.4, -0.2) is 40.0 Å². The van der Waals surface area contributed by atoms with Gasteiger partial charge in [0.15, 0.2) is 5.65 Å². The summed E-state index contributed by atoms with van der Waals surface area (Å²) in [6, 6.07) is 1.98. The summed E-state index contributed by atoms with van der Waals surface area (Å²) < 4.78 is 0. The van der Waals surface area contributed by atoms with Crippen molar-refractivity contribution in [2.75, 3.05) is 13.1 Å². The first-order valence-electron chi connectivity index (χ1n) is 7.67. The molecule has 1 unspecified atom stereocenters. The summed E-state index contributed by atoms with van der Waals surface area (Å²) in [4.78, 5) is 24.6. The molecule has 0 radical (unpaired) electrons. The van der Waals surface area contributed by atoms with E-state index in [9.17, 15) is 4.79 Å². The molecular weight excluding hydrogens is 266 g/mol. The molecule has 1 amide bonds. The number of nitrogens with one attached hydrogen (secondary N) is 3. The molecule has 1 aliphatic heterocycles. The third-order valence-electron chi connectivity index (χ3n) is 4.25. The second-order valence-electron chi connectivity index (χ2n) is 5.97. The van der Waals surface area contributed by atoms with Crippen molar-refractivity contribution in [1.82, 2.24) is 25.6 Å². The smallest absolute Gasteiger partial charge is 0.253 e. The molecule has 0 spiro atoms. The van der Waals surface area contributed by atoms with E-state index in [0.29, 0.717) is 17.1 Å². The maximum atomic E-state index is 12.5. The fraction of sp³-hybridized carbons (Fsp3) is 0.533. The van der Waals surface area contributed by atoms with Crippen LogP contribution in [0.1, 0.15) is 47.8 Å². The van der Waals surface area contributed by atoms with E-state index in [0.717, 1.165) is 37.3 Å². The molecule has 1 saturated heterocycles. The molecule has 6 nitrogen and oxygen atoms in total. The van der Waals surface area contributed by atoms with Crippen molar-refractivity contribution in [2.24, 2.45) is 0 Å². The van der Waals surface area contributed by atoms with E-state index in [4.69, 9.17) is 0 Å². The molecule has 2 aromatic heterocycles. The summed E-state index contributed by atoms with van der Waals surface area (Å²) in [6.07, 6.45) is 6.15.